The third-order valence-corrected chi connectivity index (χ3v) is 25.4. The highest BCUT2D eigenvalue weighted by atomic mass is 127. The molecule has 660 valence electrons. The van der Waals surface area contributed by atoms with Crippen LogP contribution in [0.4, 0.5) is 51.1 Å². The average Bonchev–Trinajstić information content (AvgIpc) is 1.60. The van der Waals surface area contributed by atoms with Gasteiger partial charge in [-0.05, 0) is 254 Å². The van der Waals surface area contributed by atoms with Crippen LogP contribution < -0.4 is 60.9 Å². The molecule has 2 saturated heterocycles. The molecule has 8 heterocycles. The minimum atomic E-state index is -3.85. The minimum Gasteiger partial charge on any atom is -0.478 e. The Hall–Kier alpha value is -11.7. The van der Waals surface area contributed by atoms with Gasteiger partial charge in [0.25, 0.3) is 21.1 Å². The number of ether oxygens (including phenoxy) is 4. The van der Waals surface area contributed by atoms with Crippen molar-refractivity contribution in [2.75, 3.05) is 44.0 Å². The smallest absolute Gasteiger partial charge is 0.337 e. The first-order valence-electron chi connectivity index (χ1n) is 39.3. The molecule has 0 spiro atoms. The molecule has 2 saturated carbocycles. The molecule has 16 N–H and O–H groups in total. The number of anilines is 8. The number of halogens is 3. The number of hydrogen-bond donors (Lipinski definition) is 9. The number of sulfonamides is 1. The number of aromatic carboxylic acids is 1. The molecule has 0 unspecified atom stereocenters. The van der Waals surface area contributed by atoms with Crippen LogP contribution >= 0.6 is 67.8 Å². The lowest BCUT2D eigenvalue weighted by Crippen LogP contribution is -2.34. The average molecular weight is 2070 g/mol. The van der Waals surface area contributed by atoms with Gasteiger partial charge in [-0.1, -0.05) is 94.4 Å². The summed E-state index contributed by atoms with van der Waals surface area (Å²) in [5.74, 6) is -0.724. The Bertz CT molecular complexity index is 6470. The van der Waals surface area contributed by atoms with E-state index in [4.69, 9.17) is 69.5 Å². The lowest BCUT2D eigenvalue weighted by molar-refractivity contribution is -0.168. The third kappa shape index (κ3) is 22.0. The number of carboxylic acid groups (broad SMARTS) is 1. The zero-order valence-corrected chi connectivity index (χ0v) is 77.4. The number of hydrogen-bond acceptors (Lipinski definition) is 24. The second-order valence-electron chi connectivity index (χ2n) is 31.5. The number of aryl methyl sites for hydroxylation is 2. The third-order valence-electron chi connectivity index (χ3n) is 21.7. The fourth-order valence-electron chi connectivity index (χ4n) is 15.2. The SMILES string of the molecule is C.C=C[C@@]1(C)C[C@@H](n2ccc3c(N)ncnc32)[C@@H]2OC(C)(C)O[C@@H]21.CCC(=O)c1ccc(I)cc1N.Cc1ccc(S(=O)(=O)N(C#N)c2ccccc2)cc1.Cn1c(N)nc2cc(CC[C@@]3(C)C[C@@H](n4ccc5c(N)ncnc54)[C@@H]4OC(C)(C)O[C@@H]43)ccc2c1=O.Cn1c(N)nc2cc(I)ccc2c1=O.NC(=O)Nc1ccccc1.Nc1cc(I)ccc1C(=O)O. The van der Waals surface area contributed by atoms with Crippen LogP contribution in [0, 0.1) is 39.9 Å². The number of para-hydroxylation sites is 2. The number of carbonyl (C=O) groups excluding carboxylic acids is 2. The standard InChI is InChI=1S/C26H31N7O3.C17H22N4O2.C14H12N2O2S.C9H8IN3O.C9H10INO.C7H6INO2.C7H8N2O.CH4/c1-25(2)35-19-18(33-10-8-16-21(27)29-13-30-22(16)33)12-26(3,20(19)36-25)9-7-14-5-6-15-17(11-14)31-24(28)32(4)23(15)34;1-5-17(4)8-11(12-13(17)23-16(2,3)22-12)21-7-6-10-14(18)19-9-20-15(10)21;1-12-7-9-14(10-8-12)19(17,18)16(11-15)13-5-3-2-4-6-13;1-13-8(14)6-3-2-5(10)4-7(6)12-9(13)11;1-2-9(12)7-4-3-6(10)5-8(7)11;8-4-1-2-5(7(10)11)6(9)3-4;8-7(10)9-6-4-2-1-3-5-6;/h5-6,8,10-11,13,18-20H,7,9,12H2,1-4H3,(H2,28,31)(H2,27,29,30);5-7,9,11-13H,1,8H2,2-4H3,(H2,18,19,20);2-10H,1H3;2-4H,1H3,(H2,11,12);3-5H,2,11H2,1H3;1-3H,9H2,(H,10,11);1-5H,(H3,8,9,10);1H4/t18-,19+,20+,26+;11-,12+,13+,17+;;;;;;/m11....../s1. The van der Waals surface area contributed by atoms with Crippen LogP contribution in [0.2, 0.25) is 0 Å². The first-order valence-corrected chi connectivity index (χ1v) is 44.0. The molecule has 4 fully saturated rings. The van der Waals surface area contributed by atoms with Gasteiger partial charge in [0.15, 0.2) is 23.6 Å². The number of ketones is 1. The molecule has 7 aromatic carbocycles. The summed E-state index contributed by atoms with van der Waals surface area (Å²) in [6, 6.07) is 48.9. The molecule has 17 rings (SSSR count). The van der Waals surface area contributed by atoms with Crippen molar-refractivity contribution < 1.29 is 46.9 Å². The van der Waals surface area contributed by atoms with E-state index >= 15 is 0 Å². The molecule has 8 atom stereocenters. The molecule has 2 aliphatic carbocycles. The highest BCUT2D eigenvalue weighted by Crippen LogP contribution is 2.57. The molecule has 0 radical (unpaired) electrons. The van der Waals surface area contributed by atoms with E-state index in [1.807, 2.05) is 133 Å². The molecule has 32 nitrogen and oxygen atoms in total. The summed E-state index contributed by atoms with van der Waals surface area (Å²) in [6.45, 7) is 20.0. The van der Waals surface area contributed by atoms with Crippen LogP contribution in [0.25, 0.3) is 43.9 Å². The summed E-state index contributed by atoms with van der Waals surface area (Å²) < 4.78 is 60.9. The van der Waals surface area contributed by atoms with Gasteiger partial charge in [0.1, 0.15) is 47.8 Å². The van der Waals surface area contributed by atoms with Gasteiger partial charge in [-0.25, -0.2) is 39.5 Å². The summed E-state index contributed by atoms with van der Waals surface area (Å²) in [7, 11) is -0.605. The van der Waals surface area contributed by atoms with Gasteiger partial charge in [0, 0.05) is 71.7 Å². The van der Waals surface area contributed by atoms with Crippen LogP contribution in [-0.4, -0.2) is 115 Å². The molecule has 2 amide bonds. The summed E-state index contributed by atoms with van der Waals surface area (Å²) in [5.41, 5.74) is 46.7. The number of primary amides is 1. The molecule has 13 aromatic rings. The van der Waals surface area contributed by atoms with Gasteiger partial charge in [0.2, 0.25) is 11.9 Å². The second-order valence-corrected chi connectivity index (χ2v) is 37.0. The first-order chi connectivity index (χ1) is 59.1. The lowest BCUT2D eigenvalue weighted by Gasteiger charge is -2.32. The van der Waals surface area contributed by atoms with Crippen molar-refractivity contribution in [1.82, 2.24) is 48.2 Å². The summed E-state index contributed by atoms with van der Waals surface area (Å²) in [5, 5.41) is 23.0. The molecule has 2 aliphatic heterocycles. The summed E-state index contributed by atoms with van der Waals surface area (Å²) in [6.07, 6.45) is 14.5. The number of aromatic nitrogens is 10. The van der Waals surface area contributed by atoms with Crippen LogP contribution in [-0.2, 0) is 49.5 Å². The molecular formula is C90H101I3N20O12S. The largest absolute Gasteiger partial charge is 0.478 e. The van der Waals surface area contributed by atoms with Crippen molar-refractivity contribution in [2.45, 2.75) is 148 Å². The number of amides is 2. The Balaban J connectivity index is 0.000000162. The van der Waals surface area contributed by atoms with Gasteiger partial charge in [0.05, 0.1) is 73.0 Å². The molecule has 36 heteroatoms. The van der Waals surface area contributed by atoms with E-state index < -0.39 is 33.6 Å². The zero-order chi connectivity index (χ0) is 90.9. The highest BCUT2D eigenvalue weighted by molar-refractivity contribution is 14.1. The fourth-order valence-corrected chi connectivity index (χ4v) is 17.9. The van der Waals surface area contributed by atoms with Crippen LogP contribution in [0.5, 0.6) is 0 Å². The zero-order valence-electron chi connectivity index (χ0n) is 70.1. The van der Waals surface area contributed by atoms with Gasteiger partial charge in [-0.3, -0.25) is 23.5 Å². The van der Waals surface area contributed by atoms with Crippen molar-refractivity contribution in [3.05, 3.63) is 261 Å². The number of nitrogen functional groups attached to an aromatic ring is 6. The van der Waals surface area contributed by atoms with E-state index in [-0.39, 0.29) is 94.0 Å². The number of Topliss-reactive ketones (excluding diaryl/α,β-unsaturated/α-hetero) is 1. The predicted octanol–water partition coefficient (Wildman–Crippen LogP) is 15.3. The quantitative estimate of drug-likeness (QED) is 0.0129. The van der Waals surface area contributed by atoms with Crippen LogP contribution in [0.15, 0.2) is 222 Å². The molecule has 4 aliphatic rings. The number of nitrogens with zero attached hydrogens (tertiary/aromatic N) is 12. The van der Waals surface area contributed by atoms with E-state index in [9.17, 15) is 32.4 Å². The van der Waals surface area contributed by atoms with Crippen molar-refractivity contribution in [3.63, 3.8) is 0 Å². The Morgan fingerprint density at radius 2 is 1.09 bits per heavy atom. The Labute approximate surface area is 769 Å². The highest BCUT2D eigenvalue weighted by Gasteiger charge is 2.61. The number of nitrogens with two attached hydrogens (primary N) is 7. The van der Waals surface area contributed by atoms with Crippen molar-refractivity contribution in [3.8, 4) is 6.19 Å². The Morgan fingerprint density at radius 1 is 0.619 bits per heavy atom. The van der Waals surface area contributed by atoms with E-state index in [1.54, 1.807) is 99.2 Å². The van der Waals surface area contributed by atoms with E-state index in [1.165, 1.54) is 40.0 Å². The Morgan fingerprint density at radius 3 is 1.58 bits per heavy atom. The van der Waals surface area contributed by atoms with Crippen molar-refractivity contribution in [2.24, 2.45) is 30.7 Å². The second kappa shape index (κ2) is 40.3. The maximum Gasteiger partial charge on any atom is 0.337 e. The van der Waals surface area contributed by atoms with Crippen molar-refractivity contribution in [1.29, 1.82) is 5.26 Å². The van der Waals surface area contributed by atoms with Gasteiger partial charge >= 0.3 is 12.0 Å². The van der Waals surface area contributed by atoms with E-state index in [2.05, 4.69) is 133 Å². The predicted molar refractivity (Wildman–Crippen MR) is 517 cm³/mol. The number of urea groups is 1. The van der Waals surface area contributed by atoms with Crippen molar-refractivity contribution >= 4 is 186 Å². The normalized spacial score (nSPS) is 19.5. The molecule has 0 bridgehead atoms. The maximum atomic E-state index is 12.5. The van der Waals surface area contributed by atoms with E-state index in [0.29, 0.717) is 62.5 Å². The van der Waals surface area contributed by atoms with E-state index in [0.717, 1.165) is 79.6 Å². The molecular weight excluding hydrogens is 1970 g/mol. The molecule has 6 aromatic heterocycles. The number of carbonyl (C=O) groups is 3. The van der Waals surface area contributed by atoms with Gasteiger partial charge < -0.3 is 78.6 Å². The summed E-state index contributed by atoms with van der Waals surface area (Å²) >= 11 is 6.41. The van der Waals surface area contributed by atoms with Crippen LogP contribution in [0.1, 0.15) is 126 Å². The lowest BCUT2D eigenvalue weighted by atomic mass is 9.80. The number of rotatable bonds is 13. The van der Waals surface area contributed by atoms with Crippen LogP contribution in [0.3, 0.4) is 0 Å². The Kier molecular flexibility index (Phi) is 30.9. The number of carboxylic acids is 1. The monoisotopic (exact) mass is 2070 g/mol. The number of nitriles is 1. The molecule has 126 heavy (non-hydrogen) atoms. The fraction of sp³-hybridized carbons (Fsp3) is 0.289. The van der Waals surface area contributed by atoms with Gasteiger partial charge in [-0.15, -0.1) is 6.58 Å². The van der Waals surface area contributed by atoms with Gasteiger partial charge in [-0.2, -0.15) is 18.0 Å². The number of benzene rings is 7. The minimum absolute atomic E-state index is 0. The number of nitrogens with one attached hydrogen (secondary N) is 1. The topological polar surface area (TPSA) is 495 Å². The number of fused-ring (bicyclic) bond motifs is 6. The summed E-state index contributed by atoms with van der Waals surface area (Å²) in [4.78, 5) is 82.0. The first kappa shape index (κ1) is 96.5. The maximum absolute atomic E-state index is 12.5.